The Bertz CT molecular complexity index is 466. The third-order valence-electron chi connectivity index (χ3n) is 2.11. The average Bonchev–Trinajstić information content (AvgIpc) is 2.34. The number of nitrogens with one attached hydrogen (secondary N) is 1. The van der Waals surface area contributed by atoms with E-state index in [9.17, 15) is 19.3 Å². The minimum Gasteiger partial charge on any atom is -0.394 e. The summed E-state index contributed by atoms with van der Waals surface area (Å²) in [7, 11) is 0. The number of nitrogens with zero attached hydrogens (tertiary/aromatic N) is 1. The predicted octanol–water partition coefficient (Wildman–Crippen LogP) is -0.183. The van der Waals surface area contributed by atoms with Gasteiger partial charge < -0.3 is 15.5 Å². The summed E-state index contributed by atoms with van der Waals surface area (Å²) in [4.78, 5) is 21.4. The van der Waals surface area contributed by atoms with Crippen molar-refractivity contribution in [3.8, 4) is 0 Å². The molecule has 0 saturated heterocycles. The molecule has 0 aliphatic heterocycles. The quantitative estimate of drug-likeness (QED) is 0.500. The van der Waals surface area contributed by atoms with E-state index in [-0.39, 0.29) is 6.54 Å². The fourth-order valence-electron chi connectivity index (χ4n) is 1.22. The Hall–Kier alpha value is -2.06. The smallest absolute Gasteiger partial charge is 0.282 e. The number of carbonyl (C=O) groups excluding carboxylic acids is 1. The Morgan fingerprint density at radius 3 is 2.78 bits per heavy atom. The van der Waals surface area contributed by atoms with Gasteiger partial charge in [0.25, 0.3) is 11.6 Å². The van der Waals surface area contributed by atoms with Gasteiger partial charge in [0.15, 0.2) is 0 Å². The van der Waals surface area contributed by atoms with Crippen molar-refractivity contribution in [1.29, 1.82) is 0 Å². The lowest BCUT2D eigenvalue weighted by molar-refractivity contribution is -0.385. The lowest BCUT2D eigenvalue weighted by atomic mass is 10.1. The molecule has 98 valence electrons. The van der Waals surface area contributed by atoms with Gasteiger partial charge in [-0.3, -0.25) is 14.9 Å². The van der Waals surface area contributed by atoms with Crippen LogP contribution in [0.15, 0.2) is 18.2 Å². The van der Waals surface area contributed by atoms with Gasteiger partial charge in [0.05, 0.1) is 17.6 Å². The molecule has 1 rings (SSSR count). The fraction of sp³-hybridized carbons (Fsp3) is 0.300. The highest BCUT2D eigenvalue weighted by Crippen LogP contribution is 2.19. The predicted molar refractivity (Wildman–Crippen MR) is 58.5 cm³/mol. The number of carbonyl (C=O) groups is 1. The van der Waals surface area contributed by atoms with E-state index in [1.54, 1.807) is 0 Å². The molecule has 0 spiro atoms. The molecule has 0 bridgehead atoms. The number of rotatable bonds is 5. The molecule has 18 heavy (non-hydrogen) atoms. The first kappa shape index (κ1) is 14.0. The number of halogens is 1. The van der Waals surface area contributed by atoms with Crippen LogP contribution in [0.3, 0.4) is 0 Å². The molecule has 0 aromatic heterocycles. The van der Waals surface area contributed by atoms with E-state index >= 15 is 0 Å². The molecule has 3 N–H and O–H groups in total. The normalized spacial score (nSPS) is 11.9. The van der Waals surface area contributed by atoms with Gasteiger partial charge in [-0.2, -0.15) is 0 Å². The van der Waals surface area contributed by atoms with Crippen LogP contribution in [0, 0.1) is 15.9 Å². The minimum atomic E-state index is -1.18. The van der Waals surface area contributed by atoms with Gasteiger partial charge >= 0.3 is 0 Å². The van der Waals surface area contributed by atoms with Gasteiger partial charge in [-0.15, -0.1) is 0 Å². The summed E-state index contributed by atoms with van der Waals surface area (Å²) in [5, 5.41) is 30.3. The Balaban J connectivity index is 2.90. The van der Waals surface area contributed by atoms with E-state index in [0.29, 0.717) is 0 Å². The highest BCUT2D eigenvalue weighted by atomic mass is 19.1. The van der Waals surface area contributed by atoms with Gasteiger partial charge in [0, 0.05) is 12.6 Å². The standard InChI is InChI=1S/C10H11FN2O5/c11-6-1-2-9(13(17)18)8(3-6)10(16)12-4-7(15)5-14/h1-3,7,14-15H,4-5H2,(H,12,16). The molecule has 8 heteroatoms. The minimum absolute atomic E-state index is 0.289. The summed E-state index contributed by atoms with van der Waals surface area (Å²) in [6, 6.07) is 2.49. The van der Waals surface area contributed by atoms with Crippen LogP contribution >= 0.6 is 0 Å². The SMILES string of the molecule is O=C(NCC(O)CO)c1cc(F)ccc1[N+](=O)[O-]. The zero-order valence-corrected chi connectivity index (χ0v) is 9.17. The largest absolute Gasteiger partial charge is 0.394 e. The lowest BCUT2D eigenvalue weighted by Crippen LogP contribution is -2.34. The second-order valence-corrected chi connectivity index (χ2v) is 3.47. The van der Waals surface area contributed by atoms with Crippen molar-refractivity contribution in [2.45, 2.75) is 6.10 Å². The van der Waals surface area contributed by atoms with Gasteiger partial charge in [-0.1, -0.05) is 0 Å². The number of nitro groups is 1. The van der Waals surface area contributed by atoms with Crippen molar-refractivity contribution in [3.63, 3.8) is 0 Å². The molecule has 1 unspecified atom stereocenters. The monoisotopic (exact) mass is 258 g/mol. The Labute approximate surface area is 101 Å². The number of amides is 1. The van der Waals surface area contributed by atoms with Crippen LogP contribution in [0.1, 0.15) is 10.4 Å². The fourth-order valence-corrected chi connectivity index (χ4v) is 1.22. The van der Waals surface area contributed by atoms with E-state index < -0.39 is 40.6 Å². The van der Waals surface area contributed by atoms with Crippen molar-refractivity contribution in [1.82, 2.24) is 5.32 Å². The summed E-state index contributed by atoms with van der Waals surface area (Å²) in [5.74, 6) is -1.68. The zero-order chi connectivity index (χ0) is 13.7. The molecule has 0 radical (unpaired) electrons. The summed E-state index contributed by atoms with van der Waals surface area (Å²) >= 11 is 0. The number of aliphatic hydroxyl groups excluding tert-OH is 2. The number of benzene rings is 1. The van der Waals surface area contributed by atoms with Crippen molar-refractivity contribution < 1.29 is 24.3 Å². The van der Waals surface area contributed by atoms with Crippen LogP contribution in [0.25, 0.3) is 0 Å². The van der Waals surface area contributed by atoms with Crippen LogP contribution in [0.2, 0.25) is 0 Å². The van der Waals surface area contributed by atoms with Gasteiger partial charge in [-0.25, -0.2) is 4.39 Å². The summed E-state index contributed by atoms with van der Waals surface area (Å²) in [5.41, 5.74) is -0.975. The van der Waals surface area contributed by atoms with Crippen molar-refractivity contribution in [2.24, 2.45) is 0 Å². The lowest BCUT2D eigenvalue weighted by Gasteiger charge is -2.09. The number of aliphatic hydroxyl groups is 2. The first-order valence-electron chi connectivity index (χ1n) is 4.96. The van der Waals surface area contributed by atoms with Crippen molar-refractivity contribution in [2.75, 3.05) is 13.2 Å². The molecule has 1 aromatic rings. The Morgan fingerprint density at radius 1 is 1.56 bits per heavy atom. The number of nitro benzene ring substituents is 1. The van der Waals surface area contributed by atoms with Crippen molar-refractivity contribution >= 4 is 11.6 Å². The second kappa shape index (κ2) is 6.03. The number of hydrogen-bond acceptors (Lipinski definition) is 5. The average molecular weight is 258 g/mol. The third-order valence-corrected chi connectivity index (χ3v) is 2.11. The molecule has 0 aliphatic carbocycles. The number of hydrogen-bond donors (Lipinski definition) is 3. The molecular formula is C10H11FN2O5. The molecule has 0 aliphatic rings. The topological polar surface area (TPSA) is 113 Å². The highest BCUT2D eigenvalue weighted by Gasteiger charge is 2.21. The van der Waals surface area contributed by atoms with Crippen molar-refractivity contribution in [3.05, 3.63) is 39.7 Å². The maximum Gasteiger partial charge on any atom is 0.282 e. The molecule has 0 heterocycles. The molecule has 0 fully saturated rings. The van der Waals surface area contributed by atoms with E-state index in [1.807, 2.05) is 0 Å². The maximum atomic E-state index is 12.9. The highest BCUT2D eigenvalue weighted by molar-refractivity contribution is 5.98. The summed E-state index contributed by atoms with van der Waals surface area (Å²) in [6.45, 7) is -0.853. The van der Waals surface area contributed by atoms with E-state index in [2.05, 4.69) is 5.32 Å². The Kier molecular flexibility index (Phi) is 4.69. The van der Waals surface area contributed by atoms with Crippen LogP contribution in [-0.4, -0.2) is 40.3 Å². The zero-order valence-electron chi connectivity index (χ0n) is 9.17. The summed E-state index contributed by atoms with van der Waals surface area (Å²) < 4.78 is 12.9. The first-order valence-corrected chi connectivity index (χ1v) is 4.96. The van der Waals surface area contributed by atoms with Crippen LogP contribution < -0.4 is 5.32 Å². The molecule has 7 nitrogen and oxygen atoms in total. The molecular weight excluding hydrogens is 247 g/mol. The van der Waals surface area contributed by atoms with Gasteiger partial charge in [0.2, 0.25) is 0 Å². The maximum absolute atomic E-state index is 12.9. The third kappa shape index (κ3) is 3.47. The second-order valence-electron chi connectivity index (χ2n) is 3.47. The van der Waals surface area contributed by atoms with Crippen LogP contribution in [-0.2, 0) is 0 Å². The summed E-state index contributed by atoms with van der Waals surface area (Å²) in [6.07, 6.45) is -1.18. The first-order chi connectivity index (χ1) is 8.45. The van der Waals surface area contributed by atoms with Crippen LogP contribution in [0.5, 0.6) is 0 Å². The van der Waals surface area contributed by atoms with E-state index in [1.165, 1.54) is 0 Å². The van der Waals surface area contributed by atoms with Gasteiger partial charge in [0.1, 0.15) is 11.4 Å². The van der Waals surface area contributed by atoms with E-state index in [0.717, 1.165) is 18.2 Å². The Morgan fingerprint density at radius 2 is 2.22 bits per heavy atom. The van der Waals surface area contributed by atoms with Gasteiger partial charge in [-0.05, 0) is 12.1 Å². The van der Waals surface area contributed by atoms with Crippen LogP contribution in [0.4, 0.5) is 10.1 Å². The molecule has 1 amide bonds. The molecule has 1 atom stereocenters. The van der Waals surface area contributed by atoms with E-state index in [4.69, 9.17) is 10.2 Å². The molecule has 1 aromatic carbocycles. The molecule has 0 saturated carbocycles.